The van der Waals surface area contributed by atoms with Gasteiger partial charge in [0.25, 0.3) is 5.91 Å². The Morgan fingerprint density at radius 3 is 2.49 bits per heavy atom. The van der Waals surface area contributed by atoms with Crippen molar-refractivity contribution in [2.45, 2.75) is 31.9 Å². The van der Waals surface area contributed by atoms with Crippen molar-refractivity contribution in [1.29, 1.82) is 0 Å². The number of likely N-dealkylation sites (tertiary alicyclic amines) is 1. The molecule has 0 bridgehead atoms. The van der Waals surface area contributed by atoms with Gasteiger partial charge >= 0.3 is 12.1 Å². The molecule has 1 saturated carbocycles. The summed E-state index contributed by atoms with van der Waals surface area (Å²) in [4.78, 5) is 48.1. The second-order valence-electron chi connectivity index (χ2n) is 9.61. The molecule has 1 aliphatic carbocycles. The van der Waals surface area contributed by atoms with Gasteiger partial charge in [0.2, 0.25) is 11.9 Å². The molecule has 2 amide bonds. The Kier molecular flexibility index (Phi) is 7.69. The van der Waals surface area contributed by atoms with Crippen LogP contribution >= 0.6 is 0 Å². The van der Waals surface area contributed by atoms with Crippen molar-refractivity contribution in [3.63, 3.8) is 0 Å². The summed E-state index contributed by atoms with van der Waals surface area (Å²) in [6.45, 7) is 3.21. The Hall–Kier alpha value is -3.64. The number of furan rings is 1. The number of aliphatic carboxylic acids is 1. The van der Waals surface area contributed by atoms with Gasteiger partial charge in [-0.15, -0.1) is 0 Å². The summed E-state index contributed by atoms with van der Waals surface area (Å²) in [5.74, 6) is -1.37. The van der Waals surface area contributed by atoms with Gasteiger partial charge in [0.05, 0.1) is 17.2 Å². The first kappa shape index (κ1) is 26.4. The molecular formula is C24H28F3N5O5. The lowest BCUT2D eigenvalue weighted by Gasteiger charge is -2.32. The summed E-state index contributed by atoms with van der Waals surface area (Å²) in [5, 5.41) is 10.3. The summed E-state index contributed by atoms with van der Waals surface area (Å²) in [6, 6.07) is 3.49. The molecule has 5 rings (SSSR count). The Balaban J connectivity index is 0.000000405. The summed E-state index contributed by atoms with van der Waals surface area (Å²) >= 11 is 0. The first-order valence-electron chi connectivity index (χ1n) is 12.0. The van der Waals surface area contributed by atoms with Crippen LogP contribution in [0.4, 0.5) is 19.1 Å². The van der Waals surface area contributed by atoms with Gasteiger partial charge in [0, 0.05) is 51.0 Å². The third-order valence-electron chi connectivity index (χ3n) is 7.02. The molecule has 2 aromatic heterocycles. The second kappa shape index (κ2) is 10.8. The largest absolute Gasteiger partial charge is 0.490 e. The van der Waals surface area contributed by atoms with Crippen molar-refractivity contribution < 1.29 is 37.1 Å². The van der Waals surface area contributed by atoms with E-state index in [4.69, 9.17) is 14.3 Å². The number of anilines is 1. The highest BCUT2D eigenvalue weighted by Gasteiger charge is 2.54. The van der Waals surface area contributed by atoms with Gasteiger partial charge in [-0.1, -0.05) is 0 Å². The SMILES string of the molecule is O=C(O)C(F)(F)F.O=C(c1ccoc1)N1CCC[C@]2(C(=O)NCC3CC3)CN(c3ncccn3)C[C@@H]2C1. The van der Waals surface area contributed by atoms with Crippen LogP contribution in [0.25, 0.3) is 0 Å². The lowest BCUT2D eigenvalue weighted by molar-refractivity contribution is -0.192. The monoisotopic (exact) mass is 523 g/mol. The normalized spacial score (nSPS) is 23.4. The van der Waals surface area contributed by atoms with E-state index in [9.17, 15) is 22.8 Å². The third kappa shape index (κ3) is 6.20. The van der Waals surface area contributed by atoms with Gasteiger partial charge in [0.1, 0.15) is 6.26 Å². The number of carboxylic acid groups (broad SMARTS) is 1. The molecule has 13 heteroatoms. The lowest BCUT2D eigenvalue weighted by Crippen LogP contribution is -2.48. The van der Waals surface area contributed by atoms with Crippen molar-refractivity contribution >= 4 is 23.7 Å². The number of rotatable bonds is 5. The number of nitrogens with one attached hydrogen (secondary N) is 1. The topological polar surface area (TPSA) is 129 Å². The van der Waals surface area contributed by atoms with Crippen molar-refractivity contribution in [2.75, 3.05) is 37.6 Å². The van der Waals surface area contributed by atoms with E-state index in [2.05, 4.69) is 20.2 Å². The van der Waals surface area contributed by atoms with Crippen molar-refractivity contribution in [3.05, 3.63) is 42.6 Å². The van der Waals surface area contributed by atoms with Crippen molar-refractivity contribution in [1.82, 2.24) is 20.2 Å². The van der Waals surface area contributed by atoms with Gasteiger partial charge < -0.3 is 24.6 Å². The van der Waals surface area contributed by atoms with Crippen LogP contribution in [0.5, 0.6) is 0 Å². The van der Waals surface area contributed by atoms with Crippen LogP contribution in [0.2, 0.25) is 0 Å². The van der Waals surface area contributed by atoms with Crippen LogP contribution in [0, 0.1) is 17.3 Å². The summed E-state index contributed by atoms with van der Waals surface area (Å²) in [6.07, 6.45) is 5.33. The molecule has 2 saturated heterocycles. The van der Waals surface area contributed by atoms with E-state index < -0.39 is 17.6 Å². The fourth-order valence-electron chi connectivity index (χ4n) is 4.90. The molecule has 0 unspecified atom stereocenters. The number of amides is 2. The maximum Gasteiger partial charge on any atom is 0.490 e. The highest BCUT2D eigenvalue weighted by molar-refractivity contribution is 5.94. The number of nitrogens with zero attached hydrogens (tertiary/aromatic N) is 4. The molecule has 2 aromatic rings. The molecular weight excluding hydrogens is 495 g/mol. The number of hydrogen-bond donors (Lipinski definition) is 2. The first-order chi connectivity index (χ1) is 17.6. The van der Waals surface area contributed by atoms with Crippen LogP contribution in [0.1, 0.15) is 36.0 Å². The molecule has 10 nitrogen and oxygen atoms in total. The Morgan fingerprint density at radius 1 is 1.19 bits per heavy atom. The number of carboxylic acids is 1. The standard InChI is InChI=1S/C22H27N5O3.C2HF3O2/c28-19(17-5-10-30-14-17)26-9-1-6-22(20(29)25-11-16-3-4-16)15-27(13-18(22)12-26)21-23-7-2-8-24-21;3-2(4,5)1(6)7/h2,5,7-8,10,14,16,18H,1,3-4,6,9,11-13,15H2,(H,25,29);(H,6,7)/t18-,22-;/m0./s1. The number of hydrogen-bond acceptors (Lipinski definition) is 7. The summed E-state index contributed by atoms with van der Waals surface area (Å²) in [5.41, 5.74) is 0.0291. The second-order valence-corrected chi connectivity index (χ2v) is 9.61. The molecule has 4 heterocycles. The Bertz CT molecular complexity index is 1090. The maximum atomic E-state index is 13.5. The number of carbonyl (C=O) groups excluding carboxylic acids is 2. The van der Waals surface area contributed by atoms with Gasteiger partial charge in [0.15, 0.2) is 0 Å². The number of halogens is 3. The predicted octanol–water partition coefficient (Wildman–Crippen LogP) is 2.59. The van der Waals surface area contributed by atoms with E-state index in [-0.39, 0.29) is 17.7 Å². The van der Waals surface area contributed by atoms with Crippen LogP contribution in [-0.2, 0) is 9.59 Å². The zero-order chi connectivity index (χ0) is 26.6. The number of fused-ring (bicyclic) bond motifs is 1. The third-order valence-corrected chi connectivity index (χ3v) is 7.02. The van der Waals surface area contributed by atoms with Crippen LogP contribution in [0.3, 0.4) is 0 Å². The first-order valence-corrected chi connectivity index (χ1v) is 12.0. The van der Waals surface area contributed by atoms with E-state index in [0.717, 1.165) is 19.4 Å². The van der Waals surface area contributed by atoms with Crippen LogP contribution in [-0.4, -0.2) is 76.7 Å². The zero-order valence-electron chi connectivity index (χ0n) is 20.0. The molecule has 3 aliphatic rings. The van der Waals surface area contributed by atoms with Crippen LogP contribution in [0.15, 0.2) is 41.5 Å². The molecule has 37 heavy (non-hydrogen) atoms. The fourth-order valence-corrected chi connectivity index (χ4v) is 4.90. The Morgan fingerprint density at radius 2 is 1.89 bits per heavy atom. The van der Waals surface area contributed by atoms with Crippen molar-refractivity contribution in [2.24, 2.45) is 17.3 Å². The maximum absolute atomic E-state index is 13.5. The van der Waals surface area contributed by atoms with Gasteiger partial charge in [-0.3, -0.25) is 9.59 Å². The number of aromatic nitrogens is 2. The Labute approximate surface area is 210 Å². The molecule has 0 aromatic carbocycles. The summed E-state index contributed by atoms with van der Waals surface area (Å²) < 4.78 is 36.8. The average molecular weight is 524 g/mol. The average Bonchev–Trinajstić information content (AvgIpc) is 3.46. The van der Waals surface area contributed by atoms with E-state index in [0.29, 0.717) is 43.6 Å². The molecule has 0 radical (unpaired) electrons. The van der Waals surface area contributed by atoms with Gasteiger partial charge in [-0.05, 0) is 43.7 Å². The quantitative estimate of drug-likeness (QED) is 0.612. The summed E-state index contributed by atoms with van der Waals surface area (Å²) in [7, 11) is 0. The molecule has 0 spiro atoms. The van der Waals surface area contributed by atoms with E-state index in [1.165, 1.54) is 25.4 Å². The number of alkyl halides is 3. The fraction of sp³-hybridized carbons (Fsp3) is 0.542. The minimum atomic E-state index is -5.08. The van der Waals surface area contributed by atoms with E-state index >= 15 is 0 Å². The zero-order valence-corrected chi connectivity index (χ0v) is 20.0. The van der Waals surface area contributed by atoms with E-state index in [1.54, 1.807) is 24.5 Å². The van der Waals surface area contributed by atoms with Gasteiger partial charge in [-0.2, -0.15) is 13.2 Å². The van der Waals surface area contributed by atoms with Crippen LogP contribution < -0.4 is 10.2 Å². The van der Waals surface area contributed by atoms with E-state index in [1.807, 2.05) is 4.90 Å². The predicted molar refractivity (Wildman–Crippen MR) is 123 cm³/mol. The molecule has 2 aliphatic heterocycles. The molecule has 2 N–H and O–H groups in total. The highest BCUT2D eigenvalue weighted by Crippen LogP contribution is 2.44. The molecule has 200 valence electrons. The number of carbonyl (C=O) groups is 3. The minimum absolute atomic E-state index is 0.0267. The van der Waals surface area contributed by atoms with Crippen molar-refractivity contribution in [3.8, 4) is 0 Å². The lowest BCUT2D eigenvalue weighted by atomic mass is 9.74. The minimum Gasteiger partial charge on any atom is -0.475 e. The van der Waals surface area contributed by atoms with Gasteiger partial charge in [-0.25, -0.2) is 14.8 Å². The molecule has 2 atom stereocenters. The smallest absolute Gasteiger partial charge is 0.475 e. The highest BCUT2D eigenvalue weighted by atomic mass is 19.4. The molecule has 3 fully saturated rings.